The maximum atomic E-state index is 13.3. The molecule has 1 amide bonds. The van der Waals surface area contributed by atoms with Gasteiger partial charge in [-0.3, -0.25) is 15.0 Å². The van der Waals surface area contributed by atoms with Crippen molar-refractivity contribution in [2.45, 2.75) is 24.7 Å². The number of piperazine rings is 1. The lowest BCUT2D eigenvalue weighted by atomic mass is 10.1. The maximum Gasteiger partial charge on any atom is 0.407 e. The largest absolute Gasteiger partial charge is 0.407 e. The van der Waals surface area contributed by atoms with Gasteiger partial charge in [0.05, 0.1) is 6.54 Å². The van der Waals surface area contributed by atoms with Gasteiger partial charge in [0, 0.05) is 45.3 Å². The highest BCUT2D eigenvalue weighted by molar-refractivity contribution is 5.78. The van der Waals surface area contributed by atoms with Crippen LogP contribution in [-0.2, 0) is 4.79 Å². The second kappa shape index (κ2) is 8.37. The predicted molar refractivity (Wildman–Crippen MR) is 92.7 cm³/mol. The van der Waals surface area contributed by atoms with Gasteiger partial charge in [-0.2, -0.15) is 13.2 Å². The van der Waals surface area contributed by atoms with Crippen molar-refractivity contribution in [3.05, 3.63) is 35.9 Å². The first-order valence-corrected chi connectivity index (χ1v) is 9.03. The first-order valence-electron chi connectivity index (χ1n) is 9.03. The molecule has 3 rings (SSSR count). The average Bonchev–Trinajstić information content (AvgIpc) is 3.12. The van der Waals surface area contributed by atoms with Crippen LogP contribution in [0.2, 0.25) is 0 Å². The summed E-state index contributed by atoms with van der Waals surface area (Å²) in [5.41, 5.74) is 0.118. The minimum atomic E-state index is -4.45. The number of carbonyl (C=O) groups excluding carboxylic acids is 1. The van der Waals surface area contributed by atoms with Gasteiger partial charge in [0.2, 0.25) is 5.91 Å². The first-order chi connectivity index (χ1) is 12.4. The molecule has 0 spiro atoms. The van der Waals surface area contributed by atoms with Crippen LogP contribution in [0.1, 0.15) is 18.0 Å². The normalized spacial score (nSPS) is 23.2. The van der Waals surface area contributed by atoms with Gasteiger partial charge in [-0.25, -0.2) is 0 Å². The molecule has 2 heterocycles. The number of nitrogens with one attached hydrogen (secondary N) is 2. The van der Waals surface area contributed by atoms with E-state index in [-0.39, 0.29) is 18.0 Å². The molecule has 2 N–H and O–H groups in total. The summed E-state index contributed by atoms with van der Waals surface area (Å²) < 4.78 is 40.0. The number of carbonyl (C=O) groups is 1. The molecule has 26 heavy (non-hydrogen) atoms. The third kappa shape index (κ3) is 4.75. The van der Waals surface area contributed by atoms with E-state index in [1.165, 1.54) is 12.1 Å². The molecule has 2 atom stereocenters. The minimum absolute atomic E-state index is 0.118. The monoisotopic (exact) mass is 370 g/mol. The molecule has 5 nitrogen and oxygen atoms in total. The quantitative estimate of drug-likeness (QED) is 0.822. The van der Waals surface area contributed by atoms with Gasteiger partial charge in [-0.1, -0.05) is 30.3 Å². The standard InChI is InChI=1S/C18H25F3N4O/c19-18(20,21)17(14-4-2-1-3-5-14)23-12-16(26)25-9-6-15(13-25)24-10-7-22-8-11-24/h1-5,15,17,22-23H,6-13H2. The zero-order valence-corrected chi connectivity index (χ0v) is 14.6. The summed E-state index contributed by atoms with van der Waals surface area (Å²) in [6, 6.07) is 6.12. The van der Waals surface area contributed by atoms with Crippen molar-refractivity contribution in [2.24, 2.45) is 0 Å². The van der Waals surface area contributed by atoms with Crippen molar-refractivity contribution in [2.75, 3.05) is 45.8 Å². The third-order valence-electron chi connectivity index (χ3n) is 5.10. The van der Waals surface area contributed by atoms with Crippen LogP contribution in [-0.4, -0.2) is 73.7 Å². The fourth-order valence-electron chi connectivity index (χ4n) is 3.68. The van der Waals surface area contributed by atoms with Crippen LogP contribution in [0.15, 0.2) is 30.3 Å². The van der Waals surface area contributed by atoms with Gasteiger partial charge >= 0.3 is 6.18 Å². The molecule has 0 saturated carbocycles. The van der Waals surface area contributed by atoms with Crippen LogP contribution < -0.4 is 10.6 Å². The zero-order valence-electron chi connectivity index (χ0n) is 14.6. The number of likely N-dealkylation sites (tertiary alicyclic amines) is 1. The Bertz CT molecular complexity index is 590. The summed E-state index contributed by atoms with van der Waals surface area (Å²) in [4.78, 5) is 16.4. The predicted octanol–water partition coefficient (Wildman–Crippen LogP) is 1.39. The van der Waals surface area contributed by atoms with Gasteiger partial charge in [0.1, 0.15) is 6.04 Å². The highest BCUT2D eigenvalue weighted by Crippen LogP contribution is 2.32. The molecule has 8 heteroatoms. The van der Waals surface area contributed by atoms with Crippen LogP contribution in [0.25, 0.3) is 0 Å². The van der Waals surface area contributed by atoms with Gasteiger partial charge in [-0.15, -0.1) is 0 Å². The molecule has 2 aliphatic rings. The zero-order chi connectivity index (χ0) is 18.6. The van der Waals surface area contributed by atoms with E-state index >= 15 is 0 Å². The number of halogens is 3. The lowest BCUT2D eigenvalue weighted by molar-refractivity contribution is -0.159. The number of alkyl halides is 3. The number of amides is 1. The lowest BCUT2D eigenvalue weighted by Crippen LogP contribution is -2.50. The summed E-state index contributed by atoms with van der Waals surface area (Å²) >= 11 is 0. The van der Waals surface area contributed by atoms with E-state index in [1.54, 1.807) is 23.1 Å². The summed E-state index contributed by atoms with van der Waals surface area (Å²) in [6.07, 6.45) is -3.57. The number of nitrogens with zero attached hydrogens (tertiary/aromatic N) is 2. The molecule has 2 aliphatic heterocycles. The number of benzene rings is 1. The van der Waals surface area contributed by atoms with Gasteiger partial charge < -0.3 is 10.2 Å². The molecule has 2 unspecified atom stereocenters. The van der Waals surface area contributed by atoms with E-state index in [9.17, 15) is 18.0 Å². The van der Waals surface area contributed by atoms with E-state index in [0.717, 1.165) is 32.6 Å². The van der Waals surface area contributed by atoms with E-state index < -0.39 is 12.2 Å². The lowest BCUT2D eigenvalue weighted by Gasteiger charge is -2.32. The molecule has 2 saturated heterocycles. The fourth-order valence-corrected chi connectivity index (χ4v) is 3.68. The summed E-state index contributed by atoms with van der Waals surface area (Å²) in [5.74, 6) is -0.271. The molecule has 0 aromatic heterocycles. The highest BCUT2D eigenvalue weighted by atomic mass is 19.4. The third-order valence-corrected chi connectivity index (χ3v) is 5.10. The van der Waals surface area contributed by atoms with Crippen molar-refractivity contribution in [1.29, 1.82) is 0 Å². The van der Waals surface area contributed by atoms with Crippen LogP contribution in [0.3, 0.4) is 0 Å². The van der Waals surface area contributed by atoms with Crippen molar-refractivity contribution in [3.63, 3.8) is 0 Å². The number of hydrogen-bond donors (Lipinski definition) is 2. The second-order valence-corrected chi connectivity index (χ2v) is 6.83. The van der Waals surface area contributed by atoms with Crippen molar-refractivity contribution < 1.29 is 18.0 Å². The summed E-state index contributed by atoms with van der Waals surface area (Å²) in [6.45, 7) is 4.68. The van der Waals surface area contributed by atoms with E-state index in [0.29, 0.717) is 19.1 Å². The Hall–Kier alpha value is -1.64. The number of hydrogen-bond acceptors (Lipinski definition) is 4. The smallest absolute Gasteiger partial charge is 0.340 e. The van der Waals surface area contributed by atoms with E-state index in [4.69, 9.17) is 0 Å². The van der Waals surface area contributed by atoms with Crippen LogP contribution in [0.4, 0.5) is 13.2 Å². The molecular weight excluding hydrogens is 345 g/mol. The second-order valence-electron chi connectivity index (χ2n) is 6.83. The van der Waals surface area contributed by atoms with Gasteiger partial charge in [-0.05, 0) is 12.0 Å². The first kappa shape index (κ1) is 19.1. The fraction of sp³-hybridized carbons (Fsp3) is 0.611. The molecule has 1 aromatic carbocycles. The van der Waals surface area contributed by atoms with Crippen molar-refractivity contribution >= 4 is 5.91 Å². The van der Waals surface area contributed by atoms with Crippen LogP contribution >= 0.6 is 0 Å². The van der Waals surface area contributed by atoms with Gasteiger partial charge in [0.15, 0.2) is 0 Å². The molecule has 144 valence electrons. The van der Waals surface area contributed by atoms with Crippen molar-refractivity contribution in [3.8, 4) is 0 Å². The SMILES string of the molecule is O=C(CNC(c1ccccc1)C(F)(F)F)N1CCC(N2CCNCC2)C1. The Morgan fingerprint density at radius 3 is 2.54 bits per heavy atom. The Morgan fingerprint density at radius 2 is 1.88 bits per heavy atom. The molecule has 1 aromatic rings. The number of rotatable bonds is 5. The van der Waals surface area contributed by atoms with Crippen LogP contribution in [0, 0.1) is 0 Å². The molecular formula is C18H25F3N4O. The summed E-state index contributed by atoms with van der Waals surface area (Å²) in [5, 5.41) is 5.70. The Balaban J connectivity index is 1.54. The topological polar surface area (TPSA) is 47.6 Å². The average molecular weight is 370 g/mol. The Labute approximate surface area is 151 Å². The highest BCUT2D eigenvalue weighted by Gasteiger charge is 2.41. The minimum Gasteiger partial charge on any atom is -0.340 e. The molecule has 0 aliphatic carbocycles. The Kier molecular flexibility index (Phi) is 6.16. The maximum absolute atomic E-state index is 13.3. The molecule has 0 bridgehead atoms. The summed E-state index contributed by atoms with van der Waals surface area (Å²) in [7, 11) is 0. The Morgan fingerprint density at radius 1 is 1.19 bits per heavy atom. The van der Waals surface area contributed by atoms with Crippen LogP contribution in [0.5, 0.6) is 0 Å². The molecule has 0 radical (unpaired) electrons. The van der Waals surface area contributed by atoms with E-state index in [1.807, 2.05) is 0 Å². The van der Waals surface area contributed by atoms with Crippen molar-refractivity contribution in [1.82, 2.24) is 20.4 Å². The molecule has 2 fully saturated rings. The van der Waals surface area contributed by atoms with Gasteiger partial charge in [0.25, 0.3) is 0 Å². The van der Waals surface area contributed by atoms with E-state index in [2.05, 4.69) is 15.5 Å².